The summed E-state index contributed by atoms with van der Waals surface area (Å²) in [7, 11) is 0. The highest BCUT2D eigenvalue weighted by molar-refractivity contribution is 7.98. The average Bonchev–Trinajstić information content (AvgIpc) is 2.48. The number of benzene rings is 1. The fraction of sp³-hybridized carbons (Fsp3) is 0.250. The highest BCUT2D eigenvalue weighted by Crippen LogP contribution is 2.18. The SMILES string of the molecule is Cc1cnc(SCc2ccc(C#CCCO)cc2)nc1. The highest BCUT2D eigenvalue weighted by atomic mass is 32.2. The van der Waals surface area contributed by atoms with Crippen molar-refractivity contribution in [2.75, 3.05) is 6.61 Å². The molecule has 0 amide bonds. The van der Waals surface area contributed by atoms with Crippen molar-refractivity contribution in [3.63, 3.8) is 0 Å². The van der Waals surface area contributed by atoms with Crippen molar-refractivity contribution in [2.24, 2.45) is 0 Å². The van der Waals surface area contributed by atoms with Crippen LogP contribution in [0.5, 0.6) is 0 Å². The maximum absolute atomic E-state index is 8.67. The highest BCUT2D eigenvalue weighted by Gasteiger charge is 1.99. The minimum Gasteiger partial charge on any atom is -0.395 e. The third-order valence-corrected chi connectivity index (χ3v) is 3.50. The van der Waals surface area contributed by atoms with Gasteiger partial charge in [-0.1, -0.05) is 35.7 Å². The van der Waals surface area contributed by atoms with E-state index < -0.39 is 0 Å². The Hall–Kier alpha value is -1.83. The lowest BCUT2D eigenvalue weighted by Crippen LogP contribution is -1.88. The van der Waals surface area contributed by atoms with Gasteiger partial charge in [-0.3, -0.25) is 0 Å². The lowest BCUT2D eigenvalue weighted by molar-refractivity contribution is 0.305. The molecule has 0 spiro atoms. The predicted molar refractivity (Wildman–Crippen MR) is 81.4 cm³/mol. The van der Waals surface area contributed by atoms with E-state index in [-0.39, 0.29) is 6.61 Å². The zero-order valence-electron chi connectivity index (χ0n) is 11.3. The van der Waals surface area contributed by atoms with Gasteiger partial charge in [0.2, 0.25) is 0 Å². The summed E-state index contributed by atoms with van der Waals surface area (Å²) >= 11 is 1.62. The van der Waals surface area contributed by atoms with Crippen LogP contribution in [0.1, 0.15) is 23.1 Å². The Morgan fingerprint density at radius 1 is 1.15 bits per heavy atom. The van der Waals surface area contributed by atoms with Gasteiger partial charge in [0.25, 0.3) is 0 Å². The van der Waals surface area contributed by atoms with Gasteiger partial charge in [-0.05, 0) is 30.2 Å². The molecule has 20 heavy (non-hydrogen) atoms. The molecule has 1 N–H and O–H groups in total. The van der Waals surface area contributed by atoms with Crippen LogP contribution in [0.25, 0.3) is 0 Å². The summed E-state index contributed by atoms with van der Waals surface area (Å²) in [6, 6.07) is 8.11. The minimum absolute atomic E-state index is 0.109. The van der Waals surface area contributed by atoms with Gasteiger partial charge in [0.15, 0.2) is 5.16 Å². The summed E-state index contributed by atoms with van der Waals surface area (Å²) in [6.45, 7) is 2.09. The molecule has 0 radical (unpaired) electrons. The van der Waals surface area contributed by atoms with E-state index in [0.29, 0.717) is 6.42 Å². The number of rotatable bonds is 4. The second-order valence-corrected chi connectivity index (χ2v) is 5.25. The number of thioether (sulfide) groups is 1. The van der Waals surface area contributed by atoms with Crippen molar-refractivity contribution in [3.8, 4) is 11.8 Å². The maximum Gasteiger partial charge on any atom is 0.187 e. The van der Waals surface area contributed by atoms with E-state index in [4.69, 9.17) is 5.11 Å². The normalized spacial score (nSPS) is 9.90. The first-order chi connectivity index (χ1) is 9.78. The lowest BCUT2D eigenvalue weighted by Gasteiger charge is -2.01. The van der Waals surface area contributed by atoms with Crippen LogP contribution in [-0.4, -0.2) is 21.7 Å². The second-order valence-electron chi connectivity index (χ2n) is 4.30. The molecule has 102 valence electrons. The van der Waals surface area contributed by atoms with Crippen LogP contribution in [0.2, 0.25) is 0 Å². The van der Waals surface area contributed by atoms with Gasteiger partial charge in [-0.2, -0.15) is 0 Å². The van der Waals surface area contributed by atoms with Crippen molar-refractivity contribution >= 4 is 11.8 Å². The number of nitrogens with zero attached hydrogens (tertiary/aromatic N) is 2. The van der Waals surface area contributed by atoms with Gasteiger partial charge in [0.1, 0.15) is 0 Å². The van der Waals surface area contributed by atoms with Crippen molar-refractivity contribution in [3.05, 3.63) is 53.3 Å². The molecule has 0 saturated heterocycles. The van der Waals surface area contributed by atoms with Crippen LogP contribution in [0.15, 0.2) is 41.8 Å². The summed E-state index contributed by atoms with van der Waals surface area (Å²) < 4.78 is 0. The fourth-order valence-corrected chi connectivity index (χ4v) is 2.25. The molecule has 0 bridgehead atoms. The standard InChI is InChI=1S/C16H16N2OS/c1-13-10-17-16(18-11-13)20-12-15-7-5-14(6-8-15)4-2-3-9-19/h5-8,10-11,19H,3,9,12H2,1H3. The molecule has 2 aromatic rings. The molecule has 3 nitrogen and oxygen atoms in total. The van der Waals surface area contributed by atoms with Crippen molar-refractivity contribution in [2.45, 2.75) is 24.3 Å². The number of aryl methyl sites for hydroxylation is 1. The van der Waals surface area contributed by atoms with Gasteiger partial charge in [0, 0.05) is 30.1 Å². The molecule has 0 atom stereocenters. The Balaban J connectivity index is 1.91. The molecule has 1 aromatic carbocycles. The fourth-order valence-electron chi connectivity index (χ4n) is 1.51. The molecule has 0 aliphatic rings. The summed E-state index contributed by atoms with van der Waals surface area (Å²) in [5, 5.41) is 9.46. The van der Waals surface area contributed by atoms with Crippen LogP contribution in [-0.2, 0) is 5.75 Å². The van der Waals surface area contributed by atoms with Crippen LogP contribution >= 0.6 is 11.8 Å². The van der Waals surface area contributed by atoms with Gasteiger partial charge in [0.05, 0.1) is 6.61 Å². The number of aromatic nitrogens is 2. The number of hydrogen-bond donors (Lipinski definition) is 1. The Labute approximate surface area is 123 Å². The Morgan fingerprint density at radius 3 is 2.50 bits per heavy atom. The molecule has 1 aromatic heterocycles. The Bertz CT molecular complexity index is 597. The smallest absolute Gasteiger partial charge is 0.187 e. The van der Waals surface area contributed by atoms with E-state index >= 15 is 0 Å². The van der Waals surface area contributed by atoms with Crippen molar-refractivity contribution < 1.29 is 5.11 Å². The first-order valence-electron chi connectivity index (χ1n) is 6.38. The molecular formula is C16H16N2OS. The molecule has 1 heterocycles. The lowest BCUT2D eigenvalue weighted by atomic mass is 10.1. The van der Waals surface area contributed by atoms with E-state index in [1.165, 1.54) is 5.56 Å². The largest absolute Gasteiger partial charge is 0.395 e. The van der Waals surface area contributed by atoms with Crippen molar-refractivity contribution in [1.82, 2.24) is 9.97 Å². The first-order valence-corrected chi connectivity index (χ1v) is 7.36. The quantitative estimate of drug-likeness (QED) is 0.533. The minimum atomic E-state index is 0.109. The van der Waals surface area contributed by atoms with E-state index in [2.05, 4.69) is 33.9 Å². The van der Waals surface area contributed by atoms with Gasteiger partial charge >= 0.3 is 0 Å². The monoisotopic (exact) mass is 284 g/mol. The van der Waals surface area contributed by atoms with Crippen molar-refractivity contribution in [1.29, 1.82) is 0 Å². The molecule has 2 rings (SSSR count). The average molecular weight is 284 g/mol. The van der Waals surface area contributed by atoms with Crippen LogP contribution in [0, 0.1) is 18.8 Å². The third-order valence-electron chi connectivity index (χ3n) is 2.55. The number of hydrogen-bond acceptors (Lipinski definition) is 4. The summed E-state index contributed by atoms with van der Waals surface area (Å²) in [5.41, 5.74) is 3.26. The van der Waals surface area contributed by atoms with Gasteiger partial charge in [-0.15, -0.1) is 0 Å². The van der Waals surface area contributed by atoms with Gasteiger partial charge < -0.3 is 5.11 Å². The number of aliphatic hydroxyl groups is 1. The van der Waals surface area contributed by atoms with Crippen LogP contribution < -0.4 is 0 Å². The summed E-state index contributed by atoms with van der Waals surface area (Å²) in [6.07, 6.45) is 4.17. The van der Waals surface area contributed by atoms with Crippen LogP contribution in [0.3, 0.4) is 0 Å². The summed E-state index contributed by atoms with van der Waals surface area (Å²) in [4.78, 5) is 8.53. The van der Waals surface area contributed by atoms with E-state index in [1.807, 2.05) is 31.5 Å². The second kappa shape index (κ2) is 7.68. The van der Waals surface area contributed by atoms with Gasteiger partial charge in [-0.25, -0.2) is 9.97 Å². The van der Waals surface area contributed by atoms with Crippen LogP contribution in [0.4, 0.5) is 0 Å². The Kier molecular flexibility index (Phi) is 5.60. The predicted octanol–water partition coefficient (Wildman–Crippen LogP) is 2.81. The molecular weight excluding hydrogens is 268 g/mol. The zero-order chi connectivity index (χ0) is 14.2. The number of aliphatic hydroxyl groups excluding tert-OH is 1. The molecule has 0 unspecified atom stereocenters. The maximum atomic E-state index is 8.67. The third kappa shape index (κ3) is 4.69. The van der Waals surface area contributed by atoms with E-state index in [9.17, 15) is 0 Å². The Morgan fingerprint density at radius 2 is 1.85 bits per heavy atom. The molecule has 0 fully saturated rings. The molecule has 4 heteroatoms. The summed E-state index contributed by atoms with van der Waals surface area (Å²) in [5.74, 6) is 6.76. The van der Waals surface area contributed by atoms with E-state index in [0.717, 1.165) is 22.0 Å². The van der Waals surface area contributed by atoms with E-state index in [1.54, 1.807) is 11.8 Å². The topological polar surface area (TPSA) is 46.0 Å². The molecule has 0 aliphatic carbocycles. The zero-order valence-corrected chi connectivity index (χ0v) is 12.2. The first kappa shape index (κ1) is 14.6. The molecule has 0 aliphatic heterocycles. The molecule has 0 saturated carbocycles.